The van der Waals surface area contributed by atoms with Gasteiger partial charge >= 0.3 is 0 Å². The van der Waals surface area contributed by atoms with Gasteiger partial charge in [0.05, 0.1) is 10.8 Å². The van der Waals surface area contributed by atoms with Gasteiger partial charge < -0.3 is 8.83 Å². The Labute approximate surface area is 125 Å². The van der Waals surface area contributed by atoms with Crippen LogP contribution >= 0.6 is 22.6 Å². The third kappa shape index (κ3) is 1.59. The summed E-state index contributed by atoms with van der Waals surface area (Å²) in [5.74, 6) is -0.442. The quantitative estimate of drug-likeness (QED) is 0.424. The molecule has 0 aliphatic carbocycles. The summed E-state index contributed by atoms with van der Waals surface area (Å²) < 4.78 is 25.5. The standard InChI is InChI=1S/C15H6FIO3/c16-7-1-3-9-12(5-7)20-14-10-6-8(17)2-4-11(10)19-15(14)13(9)18/h1-6H. The van der Waals surface area contributed by atoms with Crippen molar-refractivity contribution in [2.75, 3.05) is 0 Å². The van der Waals surface area contributed by atoms with E-state index in [0.717, 1.165) is 8.96 Å². The van der Waals surface area contributed by atoms with Crippen LogP contribution in [0.5, 0.6) is 0 Å². The van der Waals surface area contributed by atoms with Crippen molar-refractivity contribution in [3.05, 3.63) is 56.0 Å². The largest absolute Gasteiger partial charge is 0.452 e. The van der Waals surface area contributed by atoms with Crippen molar-refractivity contribution in [1.29, 1.82) is 0 Å². The van der Waals surface area contributed by atoms with Gasteiger partial charge in [0, 0.05) is 9.64 Å². The molecule has 2 aromatic carbocycles. The lowest BCUT2D eigenvalue weighted by Gasteiger charge is -1.97. The van der Waals surface area contributed by atoms with E-state index >= 15 is 0 Å². The normalized spacial score (nSPS) is 11.7. The summed E-state index contributed by atoms with van der Waals surface area (Å²) in [4.78, 5) is 12.4. The molecule has 0 bridgehead atoms. The van der Waals surface area contributed by atoms with E-state index in [0.29, 0.717) is 16.6 Å². The Morgan fingerprint density at radius 3 is 2.55 bits per heavy atom. The predicted molar refractivity (Wildman–Crippen MR) is 82.4 cm³/mol. The smallest absolute Gasteiger partial charge is 0.235 e. The maximum Gasteiger partial charge on any atom is 0.235 e. The van der Waals surface area contributed by atoms with Crippen molar-refractivity contribution in [3.63, 3.8) is 0 Å². The van der Waals surface area contributed by atoms with E-state index in [1.807, 2.05) is 12.1 Å². The number of halogens is 2. The number of rotatable bonds is 0. The van der Waals surface area contributed by atoms with Crippen molar-refractivity contribution >= 4 is 55.7 Å². The Kier molecular flexibility index (Phi) is 2.41. The van der Waals surface area contributed by atoms with Gasteiger partial charge in [-0.3, -0.25) is 4.79 Å². The zero-order chi connectivity index (χ0) is 13.9. The molecule has 0 fully saturated rings. The van der Waals surface area contributed by atoms with Gasteiger partial charge in [-0.1, -0.05) is 0 Å². The van der Waals surface area contributed by atoms with Crippen LogP contribution in [0.4, 0.5) is 4.39 Å². The topological polar surface area (TPSA) is 43.4 Å². The molecule has 0 atom stereocenters. The molecule has 0 spiro atoms. The number of benzene rings is 2. The van der Waals surface area contributed by atoms with E-state index < -0.39 is 5.82 Å². The first kappa shape index (κ1) is 11.9. The molecular weight excluding hydrogens is 374 g/mol. The van der Waals surface area contributed by atoms with Crippen LogP contribution in [0.15, 0.2) is 50.0 Å². The van der Waals surface area contributed by atoms with Crippen molar-refractivity contribution in [2.45, 2.75) is 0 Å². The van der Waals surface area contributed by atoms with E-state index in [-0.39, 0.29) is 16.6 Å². The lowest BCUT2D eigenvalue weighted by Crippen LogP contribution is -2.00. The highest BCUT2D eigenvalue weighted by molar-refractivity contribution is 14.1. The summed E-state index contributed by atoms with van der Waals surface area (Å²) in [5.41, 5.74) is 1.05. The summed E-state index contributed by atoms with van der Waals surface area (Å²) in [5, 5.41) is 1.03. The zero-order valence-corrected chi connectivity index (χ0v) is 12.1. The second-order valence-electron chi connectivity index (χ2n) is 4.47. The van der Waals surface area contributed by atoms with Crippen LogP contribution in [-0.4, -0.2) is 0 Å². The molecule has 2 heterocycles. The Morgan fingerprint density at radius 1 is 0.900 bits per heavy atom. The highest BCUT2D eigenvalue weighted by Crippen LogP contribution is 2.30. The van der Waals surface area contributed by atoms with Gasteiger partial charge in [-0.2, -0.15) is 0 Å². The first-order chi connectivity index (χ1) is 9.63. The van der Waals surface area contributed by atoms with Gasteiger partial charge in [0.2, 0.25) is 11.0 Å². The molecule has 0 saturated carbocycles. The number of hydrogen-bond donors (Lipinski definition) is 0. The monoisotopic (exact) mass is 380 g/mol. The highest BCUT2D eigenvalue weighted by Gasteiger charge is 2.16. The Hall–Kier alpha value is -1.89. The molecule has 2 aromatic heterocycles. The molecule has 4 rings (SSSR count). The van der Waals surface area contributed by atoms with Crippen LogP contribution in [0.25, 0.3) is 33.1 Å². The molecule has 20 heavy (non-hydrogen) atoms. The molecule has 0 radical (unpaired) electrons. The molecule has 0 saturated heterocycles. The van der Waals surface area contributed by atoms with Gasteiger partial charge in [0.25, 0.3) is 0 Å². The van der Waals surface area contributed by atoms with Gasteiger partial charge in [-0.25, -0.2) is 4.39 Å². The number of furan rings is 1. The van der Waals surface area contributed by atoms with Crippen molar-refractivity contribution in [1.82, 2.24) is 0 Å². The Morgan fingerprint density at radius 2 is 1.70 bits per heavy atom. The third-order valence-corrected chi connectivity index (χ3v) is 3.88. The maximum absolute atomic E-state index is 13.3. The summed E-state index contributed by atoms with van der Waals surface area (Å²) in [6.45, 7) is 0. The Bertz CT molecular complexity index is 1050. The molecule has 0 amide bonds. The predicted octanol–water partition coefficient (Wildman–Crippen LogP) is 4.44. The van der Waals surface area contributed by atoms with Crippen LogP contribution in [0.1, 0.15) is 0 Å². The fourth-order valence-electron chi connectivity index (χ4n) is 2.30. The zero-order valence-electron chi connectivity index (χ0n) is 9.94. The molecule has 98 valence electrons. The molecule has 3 nitrogen and oxygen atoms in total. The summed E-state index contributed by atoms with van der Waals surface area (Å²) >= 11 is 2.17. The van der Waals surface area contributed by atoms with Crippen molar-refractivity contribution in [3.8, 4) is 0 Å². The van der Waals surface area contributed by atoms with Gasteiger partial charge in [-0.15, -0.1) is 0 Å². The molecule has 0 aliphatic rings. The number of fused-ring (bicyclic) bond motifs is 4. The van der Waals surface area contributed by atoms with Crippen molar-refractivity contribution in [2.24, 2.45) is 0 Å². The molecule has 0 unspecified atom stereocenters. The van der Waals surface area contributed by atoms with Gasteiger partial charge in [0.1, 0.15) is 17.0 Å². The molecule has 0 N–H and O–H groups in total. The fourth-order valence-corrected chi connectivity index (χ4v) is 2.79. The second-order valence-corrected chi connectivity index (χ2v) is 5.72. The van der Waals surface area contributed by atoms with E-state index in [9.17, 15) is 9.18 Å². The SMILES string of the molecule is O=c1c2ccc(F)cc2oc2c1oc1ccc(I)cc12. The first-order valence-corrected chi connectivity index (χ1v) is 6.95. The maximum atomic E-state index is 13.3. The average molecular weight is 380 g/mol. The molecule has 4 aromatic rings. The van der Waals surface area contributed by atoms with Gasteiger partial charge in [0.15, 0.2) is 5.58 Å². The van der Waals surface area contributed by atoms with Gasteiger partial charge in [-0.05, 0) is 52.9 Å². The average Bonchev–Trinajstić information content (AvgIpc) is 2.77. The fraction of sp³-hybridized carbons (Fsp3) is 0. The van der Waals surface area contributed by atoms with Crippen LogP contribution < -0.4 is 5.43 Å². The van der Waals surface area contributed by atoms with Crippen LogP contribution in [-0.2, 0) is 0 Å². The minimum atomic E-state index is -0.442. The van der Waals surface area contributed by atoms with Crippen molar-refractivity contribution < 1.29 is 13.2 Å². The Balaban J connectivity index is 2.30. The van der Waals surface area contributed by atoms with Crippen LogP contribution in [0.2, 0.25) is 0 Å². The molecular formula is C15H6FIO3. The lowest BCUT2D eigenvalue weighted by molar-refractivity contribution is 0.609. The lowest BCUT2D eigenvalue weighted by atomic mass is 10.2. The third-order valence-electron chi connectivity index (χ3n) is 3.21. The van der Waals surface area contributed by atoms with E-state index in [1.165, 1.54) is 18.2 Å². The number of hydrogen-bond acceptors (Lipinski definition) is 3. The second kappa shape index (κ2) is 4.05. The molecule has 0 aliphatic heterocycles. The van der Waals surface area contributed by atoms with Crippen LogP contribution in [0.3, 0.4) is 0 Å². The molecule has 5 heteroatoms. The van der Waals surface area contributed by atoms with Crippen LogP contribution in [0, 0.1) is 9.39 Å². The van der Waals surface area contributed by atoms with E-state index in [1.54, 1.807) is 6.07 Å². The summed E-state index contributed by atoms with van der Waals surface area (Å²) in [7, 11) is 0. The van der Waals surface area contributed by atoms with E-state index in [4.69, 9.17) is 8.83 Å². The summed E-state index contributed by atoms with van der Waals surface area (Å²) in [6, 6.07) is 9.40. The minimum absolute atomic E-state index is 0.168. The first-order valence-electron chi connectivity index (χ1n) is 5.87. The summed E-state index contributed by atoms with van der Waals surface area (Å²) in [6.07, 6.45) is 0. The van der Waals surface area contributed by atoms with E-state index in [2.05, 4.69) is 22.6 Å². The highest BCUT2D eigenvalue weighted by atomic mass is 127. The minimum Gasteiger partial charge on any atom is -0.452 e.